The number of halogens is 1. The van der Waals surface area contributed by atoms with Crippen molar-refractivity contribution in [2.75, 3.05) is 13.1 Å². The van der Waals surface area contributed by atoms with Gasteiger partial charge in [-0.15, -0.1) is 11.3 Å². The largest absolute Gasteiger partial charge is 0.336 e. The predicted octanol–water partition coefficient (Wildman–Crippen LogP) is 5.42. The Hall–Kier alpha value is -4.02. The molecule has 0 aromatic carbocycles. The first-order valence-corrected chi connectivity index (χ1v) is 12.7. The van der Waals surface area contributed by atoms with Crippen LogP contribution in [0.3, 0.4) is 0 Å². The van der Waals surface area contributed by atoms with E-state index in [9.17, 15) is 4.39 Å². The van der Waals surface area contributed by atoms with Crippen LogP contribution < -0.4 is 0 Å². The molecule has 0 bridgehead atoms. The fourth-order valence-corrected chi connectivity index (χ4v) is 5.54. The third kappa shape index (κ3) is 3.75. The van der Waals surface area contributed by atoms with Crippen molar-refractivity contribution >= 4 is 33.4 Å². The third-order valence-corrected chi connectivity index (χ3v) is 7.42. The maximum atomic E-state index is 13.7. The molecule has 10 heteroatoms. The van der Waals surface area contributed by atoms with Crippen molar-refractivity contribution in [2.45, 2.75) is 19.4 Å². The number of fused-ring (bicyclic) bond motifs is 2. The Kier molecular flexibility index (Phi) is 5.07. The number of pyridine rings is 3. The maximum absolute atomic E-state index is 13.7. The van der Waals surface area contributed by atoms with E-state index in [-0.39, 0.29) is 5.13 Å². The first-order valence-electron chi connectivity index (χ1n) is 11.8. The van der Waals surface area contributed by atoms with Crippen LogP contribution in [0.1, 0.15) is 18.4 Å². The summed E-state index contributed by atoms with van der Waals surface area (Å²) in [5.74, 6) is 0.577. The van der Waals surface area contributed by atoms with E-state index in [1.54, 1.807) is 12.3 Å². The first kappa shape index (κ1) is 21.3. The molecule has 1 aliphatic rings. The average Bonchev–Trinajstić information content (AvgIpc) is 3.70. The van der Waals surface area contributed by atoms with Gasteiger partial charge in [0, 0.05) is 30.7 Å². The van der Waals surface area contributed by atoms with Gasteiger partial charge in [0.2, 0.25) is 0 Å². The molecule has 2 N–H and O–H groups in total. The highest BCUT2D eigenvalue weighted by Gasteiger charge is 2.18. The Bertz CT molecular complexity index is 1710. The van der Waals surface area contributed by atoms with Crippen molar-refractivity contribution in [1.29, 1.82) is 0 Å². The number of thiophene rings is 1. The van der Waals surface area contributed by atoms with Gasteiger partial charge in [0.15, 0.2) is 16.6 Å². The summed E-state index contributed by atoms with van der Waals surface area (Å²) in [6.07, 6.45) is 8.00. The number of nitrogens with one attached hydrogen (secondary N) is 2. The Morgan fingerprint density at radius 3 is 2.69 bits per heavy atom. The first-order chi connectivity index (χ1) is 17.7. The lowest BCUT2D eigenvalue weighted by Gasteiger charge is -2.14. The van der Waals surface area contributed by atoms with Crippen molar-refractivity contribution in [1.82, 2.24) is 40.0 Å². The summed E-state index contributed by atoms with van der Waals surface area (Å²) in [7, 11) is 0. The second-order valence-electron chi connectivity index (χ2n) is 8.97. The van der Waals surface area contributed by atoms with E-state index in [2.05, 4.69) is 36.1 Å². The molecule has 0 saturated carbocycles. The van der Waals surface area contributed by atoms with E-state index in [1.165, 1.54) is 24.5 Å². The normalized spacial score (nSPS) is 14.4. The van der Waals surface area contributed by atoms with E-state index in [4.69, 9.17) is 9.97 Å². The summed E-state index contributed by atoms with van der Waals surface area (Å²) in [5.41, 5.74) is 7.24. The van der Waals surface area contributed by atoms with Crippen molar-refractivity contribution in [3.8, 4) is 33.3 Å². The lowest BCUT2D eigenvalue weighted by molar-refractivity contribution is 0.331. The molecule has 1 fully saturated rings. The summed E-state index contributed by atoms with van der Waals surface area (Å²) in [6.45, 7) is 3.19. The standard InChI is InChI=1S/C26H21FN8S/c27-21-6-5-20(36-21)24-22-18(7-8-29-24)31-26(32-22)25-23-19(33-34-25)4-3-17(30-23)16-11-15(12-28-13-16)14-35-9-1-2-10-35/h3-8,11-13H,1-2,9-10,14H2,(H,31,32)(H,33,34). The van der Waals surface area contributed by atoms with Crippen LogP contribution in [0.25, 0.3) is 55.4 Å². The van der Waals surface area contributed by atoms with Crippen LogP contribution in [0.2, 0.25) is 0 Å². The number of imidazole rings is 1. The number of rotatable bonds is 5. The van der Waals surface area contributed by atoms with Crippen LogP contribution in [-0.2, 0) is 6.54 Å². The topological polar surface area (TPSA) is 99.3 Å². The SMILES string of the molecule is Fc1ccc(-c2nccc3[nH]c(-c4n[nH]c5ccc(-c6cncc(CN7CCCC7)c6)nc45)nc23)s1. The predicted molar refractivity (Wildman–Crippen MR) is 138 cm³/mol. The summed E-state index contributed by atoms with van der Waals surface area (Å²) in [6, 6.07) is 11.1. The molecule has 7 heterocycles. The molecule has 0 atom stereocenters. The van der Waals surface area contributed by atoms with Gasteiger partial charge in [0.1, 0.15) is 16.7 Å². The summed E-state index contributed by atoms with van der Waals surface area (Å²) in [4.78, 5) is 25.2. The minimum absolute atomic E-state index is 0.256. The number of H-pyrrole nitrogens is 2. The lowest BCUT2D eigenvalue weighted by atomic mass is 10.1. The molecule has 1 saturated heterocycles. The zero-order valence-corrected chi connectivity index (χ0v) is 20.0. The summed E-state index contributed by atoms with van der Waals surface area (Å²) < 4.78 is 13.7. The van der Waals surface area contributed by atoms with E-state index < -0.39 is 0 Å². The maximum Gasteiger partial charge on any atom is 0.177 e. The zero-order chi connectivity index (χ0) is 24.1. The number of aromatic amines is 2. The molecule has 8 nitrogen and oxygen atoms in total. The lowest BCUT2D eigenvalue weighted by Crippen LogP contribution is -2.18. The van der Waals surface area contributed by atoms with Crippen LogP contribution >= 0.6 is 11.3 Å². The Labute approximate surface area is 209 Å². The quantitative estimate of drug-likeness (QED) is 0.331. The van der Waals surface area contributed by atoms with Gasteiger partial charge < -0.3 is 4.98 Å². The molecule has 6 aromatic rings. The highest BCUT2D eigenvalue weighted by Crippen LogP contribution is 2.33. The van der Waals surface area contributed by atoms with E-state index in [0.29, 0.717) is 28.2 Å². The minimum Gasteiger partial charge on any atom is -0.336 e. The highest BCUT2D eigenvalue weighted by atomic mass is 32.1. The Balaban J connectivity index is 1.28. The van der Waals surface area contributed by atoms with Crippen molar-refractivity contribution < 1.29 is 4.39 Å². The minimum atomic E-state index is -0.256. The smallest absolute Gasteiger partial charge is 0.177 e. The number of likely N-dealkylation sites (tertiary alicyclic amines) is 1. The average molecular weight is 497 g/mol. The molecule has 0 amide bonds. The van der Waals surface area contributed by atoms with Gasteiger partial charge in [-0.2, -0.15) is 9.49 Å². The third-order valence-electron chi connectivity index (χ3n) is 6.54. The van der Waals surface area contributed by atoms with Crippen molar-refractivity contribution in [3.05, 3.63) is 65.7 Å². The fourth-order valence-electron chi connectivity index (χ4n) is 4.81. The van der Waals surface area contributed by atoms with Gasteiger partial charge in [-0.25, -0.2) is 9.97 Å². The van der Waals surface area contributed by atoms with Gasteiger partial charge in [0.05, 0.1) is 21.6 Å². The van der Waals surface area contributed by atoms with Crippen LogP contribution in [0.15, 0.2) is 55.0 Å². The summed E-state index contributed by atoms with van der Waals surface area (Å²) in [5, 5.41) is 7.31. The molecule has 0 unspecified atom stereocenters. The number of nitrogens with zero attached hydrogens (tertiary/aromatic N) is 6. The molecular formula is C26H21FN8S. The van der Waals surface area contributed by atoms with E-state index in [1.807, 2.05) is 30.6 Å². The number of hydrogen-bond donors (Lipinski definition) is 2. The van der Waals surface area contributed by atoms with Crippen molar-refractivity contribution in [2.24, 2.45) is 0 Å². The molecular weight excluding hydrogens is 475 g/mol. The van der Waals surface area contributed by atoms with Gasteiger partial charge in [-0.05, 0) is 67.9 Å². The van der Waals surface area contributed by atoms with Crippen LogP contribution in [0, 0.1) is 5.13 Å². The van der Waals surface area contributed by atoms with Gasteiger partial charge >= 0.3 is 0 Å². The molecule has 0 aliphatic carbocycles. The van der Waals surface area contributed by atoms with E-state index in [0.717, 1.165) is 58.1 Å². The fraction of sp³-hybridized carbons (Fsp3) is 0.192. The monoisotopic (exact) mass is 496 g/mol. The van der Waals surface area contributed by atoms with Crippen molar-refractivity contribution in [3.63, 3.8) is 0 Å². The molecule has 0 radical (unpaired) electrons. The molecule has 36 heavy (non-hydrogen) atoms. The van der Waals surface area contributed by atoms with Gasteiger partial charge in [-0.1, -0.05) is 0 Å². The van der Waals surface area contributed by atoms with Crippen LogP contribution in [0.5, 0.6) is 0 Å². The second-order valence-corrected chi connectivity index (χ2v) is 10.0. The molecule has 1 aliphatic heterocycles. The number of hydrogen-bond acceptors (Lipinski definition) is 7. The van der Waals surface area contributed by atoms with Crippen LogP contribution in [-0.4, -0.2) is 53.1 Å². The number of aromatic nitrogens is 7. The molecule has 6 aromatic heterocycles. The zero-order valence-electron chi connectivity index (χ0n) is 19.2. The Morgan fingerprint density at radius 2 is 1.83 bits per heavy atom. The van der Waals surface area contributed by atoms with E-state index >= 15 is 0 Å². The Morgan fingerprint density at radius 1 is 0.944 bits per heavy atom. The molecule has 7 rings (SSSR count). The molecule has 0 spiro atoms. The van der Waals surface area contributed by atoms with Gasteiger partial charge in [-0.3, -0.25) is 20.0 Å². The van der Waals surface area contributed by atoms with Gasteiger partial charge in [0.25, 0.3) is 0 Å². The molecule has 178 valence electrons. The second kappa shape index (κ2) is 8.58. The highest BCUT2D eigenvalue weighted by molar-refractivity contribution is 7.13. The summed E-state index contributed by atoms with van der Waals surface area (Å²) >= 11 is 1.05. The van der Waals surface area contributed by atoms with Crippen LogP contribution in [0.4, 0.5) is 4.39 Å².